The SMILES string of the molecule is CCOC(=O)C(c1ccccc1)C1CCC(N(C)c2ccc(NC(=O)c3ccccc3-c3ccccc3)cc2)C1. The fourth-order valence-electron chi connectivity index (χ4n) is 5.88. The summed E-state index contributed by atoms with van der Waals surface area (Å²) in [4.78, 5) is 28.4. The molecule has 0 aliphatic heterocycles. The third-order valence-corrected chi connectivity index (χ3v) is 7.95. The summed E-state index contributed by atoms with van der Waals surface area (Å²) in [5.74, 6) is -0.269. The zero-order valence-electron chi connectivity index (χ0n) is 23.1. The predicted octanol–water partition coefficient (Wildman–Crippen LogP) is 7.56. The molecule has 5 rings (SSSR count). The Morgan fingerprint density at radius 3 is 2.20 bits per heavy atom. The van der Waals surface area contributed by atoms with Gasteiger partial charge < -0.3 is 15.0 Å². The summed E-state index contributed by atoms with van der Waals surface area (Å²) in [6, 6.07) is 36.0. The van der Waals surface area contributed by atoms with E-state index in [1.165, 1.54) is 0 Å². The van der Waals surface area contributed by atoms with Crippen LogP contribution in [0.1, 0.15) is 48.0 Å². The highest BCUT2D eigenvalue weighted by Crippen LogP contribution is 2.41. The molecule has 1 fully saturated rings. The molecule has 40 heavy (non-hydrogen) atoms. The zero-order valence-corrected chi connectivity index (χ0v) is 23.1. The molecule has 1 saturated carbocycles. The summed E-state index contributed by atoms with van der Waals surface area (Å²) in [5.41, 5.74) is 5.42. The molecule has 1 aliphatic carbocycles. The van der Waals surface area contributed by atoms with Gasteiger partial charge in [0, 0.05) is 30.0 Å². The lowest BCUT2D eigenvalue weighted by molar-refractivity contribution is -0.146. The normalized spacial score (nSPS) is 17.1. The standard InChI is InChI=1S/C35H36N2O3/c1-3-40-35(39)33(26-14-8-5-9-15-26)27-18-21-30(24-27)37(2)29-22-19-28(20-23-29)36-34(38)32-17-11-10-16-31(32)25-12-6-4-7-13-25/h4-17,19-20,22-23,27,30,33H,3,18,21,24H2,1-2H3,(H,36,38). The second-order valence-electron chi connectivity index (χ2n) is 10.4. The van der Waals surface area contributed by atoms with Gasteiger partial charge in [0.2, 0.25) is 0 Å². The van der Waals surface area contributed by atoms with Crippen molar-refractivity contribution in [2.75, 3.05) is 23.9 Å². The monoisotopic (exact) mass is 532 g/mol. The van der Waals surface area contributed by atoms with Crippen LogP contribution in [0.3, 0.4) is 0 Å². The summed E-state index contributed by atoms with van der Waals surface area (Å²) >= 11 is 0. The van der Waals surface area contributed by atoms with Gasteiger partial charge in [0.25, 0.3) is 5.91 Å². The van der Waals surface area contributed by atoms with Gasteiger partial charge in [-0.25, -0.2) is 0 Å². The molecule has 0 aromatic heterocycles. The van der Waals surface area contributed by atoms with Crippen LogP contribution in [0.5, 0.6) is 0 Å². The molecule has 204 valence electrons. The third kappa shape index (κ3) is 6.09. The summed E-state index contributed by atoms with van der Waals surface area (Å²) in [7, 11) is 2.11. The highest BCUT2D eigenvalue weighted by atomic mass is 16.5. The molecule has 0 bridgehead atoms. The molecule has 5 heteroatoms. The van der Waals surface area contributed by atoms with Crippen molar-refractivity contribution in [3.63, 3.8) is 0 Å². The quantitative estimate of drug-likeness (QED) is 0.226. The maximum absolute atomic E-state index is 13.2. The second-order valence-corrected chi connectivity index (χ2v) is 10.4. The van der Waals surface area contributed by atoms with E-state index in [9.17, 15) is 9.59 Å². The van der Waals surface area contributed by atoms with Crippen LogP contribution in [0.2, 0.25) is 0 Å². The molecular formula is C35H36N2O3. The predicted molar refractivity (Wildman–Crippen MR) is 162 cm³/mol. The average molecular weight is 533 g/mol. The van der Waals surface area contributed by atoms with E-state index < -0.39 is 0 Å². The number of anilines is 2. The number of rotatable bonds is 9. The van der Waals surface area contributed by atoms with Gasteiger partial charge in [-0.1, -0.05) is 78.9 Å². The number of nitrogens with zero attached hydrogens (tertiary/aromatic N) is 1. The number of nitrogens with one attached hydrogen (secondary N) is 1. The number of ether oxygens (including phenoxy) is 1. The Kier molecular flexibility index (Phi) is 8.60. The van der Waals surface area contributed by atoms with E-state index in [1.807, 2.05) is 116 Å². The molecule has 0 spiro atoms. The summed E-state index contributed by atoms with van der Waals surface area (Å²) in [6.07, 6.45) is 2.91. The highest BCUT2D eigenvalue weighted by Gasteiger charge is 2.38. The first-order valence-electron chi connectivity index (χ1n) is 14.1. The van der Waals surface area contributed by atoms with Gasteiger partial charge in [0.05, 0.1) is 12.5 Å². The Bertz CT molecular complexity index is 1420. The number of esters is 1. The van der Waals surface area contributed by atoms with E-state index in [-0.39, 0.29) is 23.7 Å². The van der Waals surface area contributed by atoms with Gasteiger partial charge in [-0.05, 0) is 79.1 Å². The topological polar surface area (TPSA) is 58.6 Å². The van der Waals surface area contributed by atoms with E-state index in [0.717, 1.165) is 47.3 Å². The average Bonchev–Trinajstić information content (AvgIpc) is 3.48. The maximum atomic E-state index is 13.2. The van der Waals surface area contributed by atoms with Crippen LogP contribution < -0.4 is 10.2 Å². The maximum Gasteiger partial charge on any atom is 0.313 e. The molecule has 0 radical (unpaired) electrons. The first-order chi connectivity index (χ1) is 19.5. The number of hydrogen-bond acceptors (Lipinski definition) is 4. The van der Waals surface area contributed by atoms with Crippen molar-refractivity contribution in [2.45, 2.75) is 38.1 Å². The van der Waals surface area contributed by atoms with Crippen molar-refractivity contribution in [1.82, 2.24) is 0 Å². The summed E-state index contributed by atoms with van der Waals surface area (Å²) < 4.78 is 5.47. The molecule has 1 amide bonds. The Labute approximate surface area is 236 Å². The Morgan fingerprint density at radius 1 is 0.850 bits per heavy atom. The molecule has 1 aliphatic rings. The first-order valence-corrected chi connectivity index (χ1v) is 14.1. The molecule has 3 unspecified atom stereocenters. The van der Waals surface area contributed by atoms with Gasteiger partial charge >= 0.3 is 5.97 Å². The highest BCUT2D eigenvalue weighted by molar-refractivity contribution is 6.08. The Morgan fingerprint density at radius 2 is 1.50 bits per heavy atom. The minimum Gasteiger partial charge on any atom is -0.466 e. The fraction of sp³-hybridized carbons (Fsp3) is 0.257. The van der Waals surface area contributed by atoms with Crippen LogP contribution in [-0.2, 0) is 9.53 Å². The minimum atomic E-state index is -0.240. The smallest absolute Gasteiger partial charge is 0.313 e. The molecule has 1 N–H and O–H groups in total. The van der Waals surface area contributed by atoms with E-state index in [4.69, 9.17) is 4.74 Å². The van der Waals surface area contributed by atoms with E-state index in [0.29, 0.717) is 18.2 Å². The number of hydrogen-bond donors (Lipinski definition) is 1. The number of carbonyl (C=O) groups is 2. The number of carbonyl (C=O) groups excluding carboxylic acids is 2. The van der Waals surface area contributed by atoms with E-state index in [2.05, 4.69) is 17.3 Å². The lowest BCUT2D eigenvalue weighted by atomic mass is 9.84. The molecule has 4 aromatic carbocycles. The van der Waals surface area contributed by atoms with E-state index >= 15 is 0 Å². The molecule has 4 aromatic rings. The Hall–Kier alpha value is -4.38. The minimum absolute atomic E-state index is 0.129. The van der Waals surface area contributed by atoms with Gasteiger partial charge in [-0.3, -0.25) is 9.59 Å². The Balaban J connectivity index is 1.25. The van der Waals surface area contributed by atoms with Gasteiger partial charge in [0.15, 0.2) is 0 Å². The van der Waals surface area contributed by atoms with Crippen molar-refractivity contribution in [3.8, 4) is 11.1 Å². The van der Waals surface area contributed by atoms with Crippen molar-refractivity contribution in [3.05, 3.63) is 120 Å². The third-order valence-electron chi connectivity index (χ3n) is 7.95. The second kappa shape index (κ2) is 12.6. The lowest BCUT2D eigenvalue weighted by Crippen LogP contribution is -2.30. The summed E-state index contributed by atoms with van der Waals surface area (Å²) in [6.45, 7) is 2.25. The molecule has 0 heterocycles. The van der Waals surface area contributed by atoms with Gasteiger partial charge in [-0.15, -0.1) is 0 Å². The zero-order chi connectivity index (χ0) is 27.9. The number of amides is 1. The van der Waals surface area contributed by atoms with Gasteiger partial charge in [0.1, 0.15) is 0 Å². The largest absolute Gasteiger partial charge is 0.466 e. The van der Waals surface area contributed by atoms with E-state index in [1.54, 1.807) is 0 Å². The van der Waals surface area contributed by atoms with Crippen LogP contribution in [-0.4, -0.2) is 31.6 Å². The number of benzene rings is 4. The van der Waals surface area contributed by atoms with Crippen molar-refractivity contribution in [1.29, 1.82) is 0 Å². The lowest BCUT2D eigenvalue weighted by Gasteiger charge is -2.28. The van der Waals surface area contributed by atoms with Crippen LogP contribution in [0, 0.1) is 5.92 Å². The molecule has 0 saturated heterocycles. The van der Waals surface area contributed by atoms with Crippen LogP contribution in [0.25, 0.3) is 11.1 Å². The molecular weight excluding hydrogens is 496 g/mol. The van der Waals surface area contributed by atoms with Crippen molar-refractivity contribution >= 4 is 23.3 Å². The van der Waals surface area contributed by atoms with Crippen molar-refractivity contribution in [2.24, 2.45) is 5.92 Å². The summed E-state index contributed by atoms with van der Waals surface area (Å²) in [5, 5.41) is 3.06. The van der Waals surface area contributed by atoms with Crippen LogP contribution >= 0.6 is 0 Å². The van der Waals surface area contributed by atoms with Gasteiger partial charge in [-0.2, -0.15) is 0 Å². The molecule has 5 nitrogen and oxygen atoms in total. The van der Waals surface area contributed by atoms with Crippen molar-refractivity contribution < 1.29 is 14.3 Å². The molecule has 3 atom stereocenters. The van der Waals surface area contributed by atoms with Crippen LogP contribution in [0.4, 0.5) is 11.4 Å². The fourth-order valence-corrected chi connectivity index (χ4v) is 5.88. The first kappa shape index (κ1) is 27.2. The van der Waals surface area contributed by atoms with Crippen LogP contribution in [0.15, 0.2) is 109 Å².